The van der Waals surface area contributed by atoms with Gasteiger partial charge in [0.25, 0.3) is 0 Å². The molecule has 0 aliphatic carbocycles. The van der Waals surface area contributed by atoms with E-state index in [4.69, 9.17) is 11.6 Å². The second-order valence-electron chi connectivity index (χ2n) is 10.7. The van der Waals surface area contributed by atoms with Crippen LogP contribution in [0.25, 0.3) is 0 Å². The zero-order valence-corrected chi connectivity index (χ0v) is 24.6. The van der Waals surface area contributed by atoms with Crippen LogP contribution in [-0.2, 0) is 32.6 Å². The maximum Gasteiger partial charge on any atom is 0.244 e. The van der Waals surface area contributed by atoms with Crippen LogP contribution in [0.2, 0.25) is 5.02 Å². The minimum absolute atomic E-state index is 0.0269. The number of nitrogens with zero attached hydrogens (tertiary/aromatic N) is 2. The van der Waals surface area contributed by atoms with Crippen molar-refractivity contribution in [3.63, 3.8) is 0 Å². The highest BCUT2D eigenvalue weighted by Gasteiger charge is 2.34. The van der Waals surface area contributed by atoms with Crippen molar-refractivity contribution in [1.82, 2.24) is 10.2 Å². The molecule has 0 heterocycles. The van der Waals surface area contributed by atoms with E-state index in [0.717, 1.165) is 21.7 Å². The van der Waals surface area contributed by atoms with Gasteiger partial charge < -0.3 is 10.2 Å². The lowest BCUT2D eigenvalue weighted by atomic mass is 10.0. The van der Waals surface area contributed by atoms with Gasteiger partial charge in [0, 0.05) is 23.5 Å². The zero-order chi connectivity index (χ0) is 28.8. The summed E-state index contributed by atoms with van der Waals surface area (Å²) in [5.74, 6) is -0.862. The van der Waals surface area contributed by atoms with Crippen LogP contribution < -0.4 is 9.62 Å². The Morgan fingerprint density at radius 3 is 2.08 bits per heavy atom. The van der Waals surface area contributed by atoms with Crippen LogP contribution in [0.1, 0.15) is 37.5 Å². The van der Waals surface area contributed by atoms with E-state index in [1.165, 1.54) is 4.90 Å². The summed E-state index contributed by atoms with van der Waals surface area (Å²) in [5.41, 5.74) is 2.29. The van der Waals surface area contributed by atoms with Gasteiger partial charge in [0.1, 0.15) is 12.6 Å². The minimum Gasteiger partial charge on any atom is -0.350 e. The summed E-state index contributed by atoms with van der Waals surface area (Å²) in [4.78, 5) is 29.2. The molecule has 1 N–H and O–H groups in total. The van der Waals surface area contributed by atoms with Gasteiger partial charge in [-0.1, -0.05) is 77.8 Å². The molecule has 7 nitrogen and oxygen atoms in total. The Morgan fingerprint density at radius 1 is 0.923 bits per heavy atom. The first-order chi connectivity index (χ1) is 18.2. The SMILES string of the molecule is Cc1ccc(N(CC(=O)N(Cc2ccccc2Cl)[C@@H](Cc2ccccc2)C(=O)NC(C)(C)C)S(C)(=O)=O)cc1. The Morgan fingerprint density at radius 2 is 1.51 bits per heavy atom. The predicted octanol–water partition coefficient (Wildman–Crippen LogP) is 4.97. The molecule has 3 rings (SSSR count). The maximum absolute atomic E-state index is 14.1. The highest BCUT2D eigenvalue weighted by Crippen LogP contribution is 2.23. The third-order valence-electron chi connectivity index (χ3n) is 6.07. The second-order valence-corrected chi connectivity index (χ2v) is 13.0. The molecule has 0 fully saturated rings. The van der Waals surface area contributed by atoms with Crippen LogP contribution in [0.3, 0.4) is 0 Å². The lowest BCUT2D eigenvalue weighted by Crippen LogP contribution is -2.56. The number of hydrogen-bond donors (Lipinski definition) is 1. The van der Waals surface area contributed by atoms with Crippen LogP contribution in [-0.4, -0.2) is 49.5 Å². The topological polar surface area (TPSA) is 86.8 Å². The molecule has 1 atom stereocenters. The van der Waals surface area contributed by atoms with Crippen LogP contribution in [0.15, 0.2) is 78.9 Å². The molecule has 3 aromatic rings. The highest BCUT2D eigenvalue weighted by atomic mass is 35.5. The normalized spacial score (nSPS) is 12.5. The fourth-order valence-electron chi connectivity index (χ4n) is 4.14. The minimum atomic E-state index is -3.81. The molecule has 0 spiro atoms. The molecule has 0 bridgehead atoms. The summed E-state index contributed by atoms with van der Waals surface area (Å²) < 4.78 is 26.7. The van der Waals surface area contributed by atoms with Crippen molar-refractivity contribution in [3.8, 4) is 0 Å². The Labute approximate surface area is 236 Å². The molecule has 208 valence electrons. The van der Waals surface area contributed by atoms with E-state index >= 15 is 0 Å². The molecule has 0 unspecified atom stereocenters. The average molecular weight is 570 g/mol. The van der Waals surface area contributed by atoms with Crippen LogP contribution in [0.4, 0.5) is 5.69 Å². The first-order valence-electron chi connectivity index (χ1n) is 12.7. The van der Waals surface area contributed by atoms with E-state index in [9.17, 15) is 18.0 Å². The summed E-state index contributed by atoms with van der Waals surface area (Å²) in [6.45, 7) is 7.06. The number of aryl methyl sites for hydroxylation is 1. The number of amides is 2. The zero-order valence-electron chi connectivity index (χ0n) is 23.0. The van der Waals surface area contributed by atoms with Crippen molar-refractivity contribution in [1.29, 1.82) is 0 Å². The van der Waals surface area contributed by atoms with E-state index < -0.39 is 34.1 Å². The van der Waals surface area contributed by atoms with Gasteiger partial charge in [-0.05, 0) is 57.0 Å². The Kier molecular flexibility index (Phi) is 9.80. The molecule has 0 aromatic heterocycles. The average Bonchev–Trinajstić information content (AvgIpc) is 2.85. The third kappa shape index (κ3) is 8.83. The van der Waals surface area contributed by atoms with Gasteiger partial charge in [0.15, 0.2) is 0 Å². The summed E-state index contributed by atoms with van der Waals surface area (Å²) in [5, 5.41) is 3.45. The number of halogens is 1. The molecule has 0 aliphatic heterocycles. The van der Waals surface area contributed by atoms with Crippen molar-refractivity contribution in [2.24, 2.45) is 0 Å². The Hall–Kier alpha value is -3.36. The number of carbonyl (C=O) groups excluding carboxylic acids is 2. The smallest absolute Gasteiger partial charge is 0.244 e. The van der Waals surface area contributed by atoms with E-state index in [1.54, 1.807) is 48.5 Å². The summed E-state index contributed by atoms with van der Waals surface area (Å²) in [6.07, 6.45) is 1.30. The standard InChI is InChI=1S/C30H36ClN3O4S/c1-22-15-17-25(18-16-22)34(39(5,37)38)21-28(35)33(20-24-13-9-10-14-26(24)31)27(29(36)32-30(2,3)4)19-23-11-7-6-8-12-23/h6-18,27H,19-21H2,1-5H3,(H,32,36)/t27-/m0/s1. The van der Waals surface area contributed by atoms with Gasteiger partial charge >= 0.3 is 0 Å². The molecule has 0 saturated heterocycles. The molecular weight excluding hydrogens is 534 g/mol. The quantitative estimate of drug-likeness (QED) is 0.373. The fourth-order valence-corrected chi connectivity index (χ4v) is 5.19. The molecule has 3 aromatic carbocycles. The van der Waals surface area contributed by atoms with Crippen molar-refractivity contribution >= 4 is 39.1 Å². The number of benzene rings is 3. The molecule has 9 heteroatoms. The van der Waals surface area contributed by atoms with E-state index in [1.807, 2.05) is 58.0 Å². The Balaban J connectivity index is 2.08. The van der Waals surface area contributed by atoms with Gasteiger partial charge in [-0.2, -0.15) is 0 Å². The van der Waals surface area contributed by atoms with Gasteiger partial charge in [-0.3, -0.25) is 13.9 Å². The Bertz CT molecular complexity index is 1390. The van der Waals surface area contributed by atoms with E-state index in [2.05, 4.69) is 5.32 Å². The molecule has 2 amide bonds. The number of hydrogen-bond acceptors (Lipinski definition) is 4. The summed E-state index contributed by atoms with van der Waals surface area (Å²) in [6, 6.07) is 22.5. The molecular formula is C30H36ClN3O4S. The largest absolute Gasteiger partial charge is 0.350 e. The second kappa shape index (κ2) is 12.7. The summed E-state index contributed by atoms with van der Waals surface area (Å²) in [7, 11) is -3.81. The third-order valence-corrected chi connectivity index (χ3v) is 7.58. The summed E-state index contributed by atoms with van der Waals surface area (Å²) >= 11 is 6.47. The van der Waals surface area contributed by atoms with Gasteiger partial charge in [-0.25, -0.2) is 8.42 Å². The monoisotopic (exact) mass is 569 g/mol. The number of carbonyl (C=O) groups is 2. The van der Waals surface area contributed by atoms with Crippen molar-refractivity contribution in [3.05, 3.63) is 101 Å². The lowest BCUT2D eigenvalue weighted by Gasteiger charge is -2.35. The highest BCUT2D eigenvalue weighted by molar-refractivity contribution is 7.92. The van der Waals surface area contributed by atoms with E-state index in [-0.39, 0.29) is 18.9 Å². The van der Waals surface area contributed by atoms with Gasteiger partial charge in [0.05, 0.1) is 11.9 Å². The number of sulfonamides is 1. The van der Waals surface area contributed by atoms with Crippen LogP contribution in [0, 0.1) is 6.92 Å². The van der Waals surface area contributed by atoms with Crippen LogP contribution >= 0.6 is 11.6 Å². The van der Waals surface area contributed by atoms with Crippen LogP contribution in [0.5, 0.6) is 0 Å². The van der Waals surface area contributed by atoms with E-state index in [0.29, 0.717) is 16.3 Å². The van der Waals surface area contributed by atoms with Crippen molar-refractivity contribution < 1.29 is 18.0 Å². The van der Waals surface area contributed by atoms with Gasteiger partial charge in [-0.15, -0.1) is 0 Å². The number of rotatable bonds is 10. The molecule has 0 aliphatic rings. The first kappa shape index (κ1) is 30.2. The number of nitrogens with one attached hydrogen (secondary N) is 1. The molecule has 0 radical (unpaired) electrons. The maximum atomic E-state index is 14.1. The first-order valence-corrected chi connectivity index (χ1v) is 14.9. The lowest BCUT2D eigenvalue weighted by molar-refractivity contribution is -0.140. The van der Waals surface area contributed by atoms with Crippen molar-refractivity contribution in [2.45, 2.75) is 52.2 Å². The molecule has 39 heavy (non-hydrogen) atoms. The molecule has 0 saturated carbocycles. The van der Waals surface area contributed by atoms with Crippen molar-refractivity contribution in [2.75, 3.05) is 17.1 Å². The number of anilines is 1. The predicted molar refractivity (Wildman–Crippen MR) is 157 cm³/mol. The van der Waals surface area contributed by atoms with Gasteiger partial charge in [0.2, 0.25) is 21.8 Å². The fraction of sp³-hybridized carbons (Fsp3) is 0.333.